The number of ether oxygens (including phenoxy) is 1. The number of hydrogen-bond acceptors (Lipinski definition) is 5. The molecule has 0 fully saturated rings. The van der Waals surface area contributed by atoms with Crippen LogP contribution < -0.4 is 9.84 Å². The molecule has 0 radical (unpaired) electrons. The summed E-state index contributed by atoms with van der Waals surface area (Å²) in [6, 6.07) is 1.07. The van der Waals surface area contributed by atoms with Gasteiger partial charge in [0.25, 0.3) is 5.69 Å². The predicted octanol–water partition coefficient (Wildman–Crippen LogP) is 1.14. The van der Waals surface area contributed by atoms with Crippen molar-refractivity contribution in [1.82, 2.24) is 0 Å². The zero-order chi connectivity index (χ0) is 11.6. The van der Waals surface area contributed by atoms with E-state index in [1.807, 2.05) is 0 Å². The molecule has 80 valence electrons. The molecule has 0 unspecified atom stereocenters. The van der Waals surface area contributed by atoms with E-state index in [1.54, 1.807) is 0 Å². The molecule has 0 aliphatic rings. The maximum Gasteiger partial charge on any atom is 0.277 e. The summed E-state index contributed by atoms with van der Waals surface area (Å²) in [5.41, 5.74) is -1.30. The Morgan fingerprint density at radius 2 is 2.20 bits per heavy atom. The van der Waals surface area contributed by atoms with Crippen molar-refractivity contribution >= 4 is 23.6 Å². The molecule has 0 bridgehead atoms. The fraction of sp³-hybridized carbons (Fsp3) is 0.125. The lowest BCUT2D eigenvalue weighted by atomic mass is 10.1. The fourth-order valence-electron chi connectivity index (χ4n) is 1.06. The number of rotatable bonds is 3. The third-order valence-electron chi connectivity index (χ3n) is 1.73. The quantitative estimate of drug-likeness (QED) is 0.441. The van der Waals surface area contributed by atoms with Gasteiger partial charge in [0, 0.05) is 5.75 Å². The highest BCUT2D eigenvalue weighted by atomic mass is 35.5. The van der Waals surface area contributed by atoms with Gasteiger partial charge in [0.2, 0.25) is 0 Å². The standard InChI is InChI=1S/C8H6ClNO5/c1-15-6-2-5(9)4(3-11)7(8(6)12)10(13)14/h2-3,12H,1H3/p-1. The highest BCUT2D eigenvalue weighted by Crippen LogP contribution is 2.39. The van der Waals surface area contributed by atoms with Gasteiger partial charge < -0.3 is 9.84 Å². The van der Waals surface area contributed by atoms with E-state index >= 15 is 0 Å². The smallest absolute Gasteiger partial charge is 0.277 e. The van der Waals surface area contributed by atoms with E-state index in [4.69, 9.17) is 11.6 Å². The third kappa shape index (κ3) is 1.84. The first kappa shape index (κ1) is 11.3. The number of carbonyl (C=O) groups excluding carboxylic acids is 1. The zero-order valence-electron chi connectivity index (χ0n) is 7.52. The number of benzene rings is 1. The van der Waals surface area contributed by atoms with Crippen LogP contribution in [0.15, 0.2) is 6.07 Å². The Hall–Kier alpha value is -1.82. The molecule has 0 aliphatic carbocycles. The van der Waals surface area contributed by atoms with Crippen LogP contribution in [0.5, 0.6) is 11.5 Å². The van der Waals surface area contributed by atoms with Gasteiger partial charge in [-0.1, -0.05) is 11.6 Å². The second-order valence-corrected chi connectivity index (χ2v) is 2.93. The summed E-state index contributed by atoms with van der Waals surface area (Å²) in [6.45, 7) is 0. The highest BCUT2D eigenvalue weighted by molar-refractivity contribution is 6.33. The van der Waals surface area contributed by atoms with Crippen LogP contribution in [0.1, 0.15) is 10.4 Å². The molecule has 0 saturated heterocycles. The zero-order valence-corrected chi connectivity index (χ0v) is 8.28. The summed E-state index contributed by atoms with van der Waals surface area (Å²) < 4.78 is 4.60. The van der Waals surface area contributed by atoms with Crippen molar-refractivity contribution in [3.8, 4) is 11.5 Å². The maximum absolute atomic E-state index is 11.4. The molecule has 0 aliphatic heterocycles. The molecule has 0 amide bonds. The van der Waals surface area contributed by atoms with E-state index in [9.17, 15) is 20.0 Å². The van der Waals surface area contributed by atoms with Gasteiger partial charge in [-0.25, -0.2) is 0 Å². The van der Waals surface area contributed by atoms with Gasteiger partial charge in [-0.05, 0) is 6.07 Å². The van der Waals surface area contributed by atoms with Crippen molar-refractivity contribution in [3.63, 3.8) is 0 Å². The van der Waals surface area contributed by atoms with E-state index in [-0.39, 0.29) is 17.1 Å². The molecule has 1 rings (SSSR count). The van der Waals surface area contributed by atoms with Gasteiger partial charge >= 0.3 is 0 Å². The second-order valence-electron chi connectivity index (χ2n) is 2.53. The van der Waals surface area contributed by atoms with Crippen molar-refractivity contribution in [1.29, 1.82) is 0 Å². The molecule has 7 heteroatoms. The van der Waals surface area contributed by atoms with Crippen LogP contribution in [0, 0.1) is 10.1 Å². The lowest BCUT2D eigenvalue weighted by Gasteiger charge is -2.14. The lowest BCUT2D eigenvalue weighted by molar-refractivity contribution is -0.398. The van der Waals surface area contributed by atoms with E-state index < -0.39 is 21.9 Å². The molecular weight excluding hydrogens is 226 g/mol. The number of methoxy groups -OCH3 is 1. The molecular formula is C8H5ClNO5-. The number of hydrogen-bond donors (Lipinski definition) is 0. The van der Waals surface area contributed by atoms with Crippen LogP contribution in [0.4, 0.5) is 5.69 Å². The topological polar surface area (TPSA) is 92.5 Å². The van der Waals surface area contributed by atoms with Crippen LogP contribution in [0.25, 0.3) is 0 Å². The number of nitrogens with zero attached hydrogens (tertiary/aromatic N) is 1. The largest absolute Gasteiger partial charge is 0.865 e. The Morgan fingerprint density at radius 3 is 2.60 bits per heavy atom. The number of halogens is 1. The molecule has 0 spiro atoms. The van der Waals surface area contributed by atoms with Crippen molar-refractivity contribution in [2.24, 2.45) is 0 Å². The SMILES string of the molecule is COc1cc(Cl)c(C=O)c([N+](=O)[O-])c1[O-]. The Bertz CT molecular complexity index is 432. The van der Waals surface area contributed by atoms with Crippen molar-refractivity contribution < 1.29 is 19.6 Å². The Kier molecular flexibility index (Phi) is 3.11. The Morgan fingerprint density at radius 1 is 1.60 bits per heavy atom. The van der Waals surface area contributed by atoms with Crippen LogP contribution in [-0.4, -0.2) is 18.3 Å². The van der Waals surface area contributed by atoms with Crippen molar-refractivity contribution in [2.45, 2.75) is 0 Å². The number of nitro benzene ring substituents is 1. The van der Waals surface area contributed by atoms with Crippen LogP contribution in [-0.2, 0) is 0 Å². The number of nitro groups is 1. The first-order valence-electron chi connectivity index (χ1n) is 3.70. The van der Waals surface area contributed by atoms with Gasteiger partial charge in [-0.15, -0.1) is 0 Å². The summed E-state index contributed by atoms with van der Waals surface area (Å²) in [4.78, 5) is 20.1. The van der Waals surface area contributed by atoms with Crippen LogP contribution in [0.2, 0.25) is 5.02 Å². The monoisotopic (exact) mass is 230 g/mol. The van der Waals surface area contributed by atoms with E-state index in [0.717, 1.165) is 6.07 Å². The van der Waals surface area contributed by atoms with Crippen LogP contribution >= 0.6 is 11.6 Å². The molecule has 0 heterocycles. The third-order valence-corrected chi connectivity index (χ3v) is 2.04. The predicted molar refractivity (Wildman–Crippen MR) is 49.5 cm³/mol. The van der Waals surface area contributed by atoms with Gasteiger partial charge in [0.05, 0.1) is 17.1 Å². The fourth-order valence-corrected chi connectivity index (χ4v) is 1.29. The molecule has 0 N–H and O–H groups in total. The minimum Gasteiger partial charge on any atom is -0.865 e. The molecule has 15 heavy (non-hydrogen) atoms. The lowest BCUT2D eigenvalue weighted by Crippen LogP contribution is -2.04. The number of carbonyl (C=O) groups is 1. The minimum absolute atomic E-state index is 0.168. The average molecular weight is 231 g/mol. The summed E-state index contributed by atoms with van der Waals surface area (Å²) in [7, 11) is 1.18. The highest BCUT2D eigenvalue weighted by Gasteiger charge is 2.21. The summed E-state index contributed by atoms with van der Waals surface area (Å²) in [5, 5.41) is 21.8. The van der Waals surface area contributed by atoms with E-state index in [2.05, 4.69) is 4.74 Å². The maximum atomic E-state index is 11.4. The van der Waals surface area contributed by atoms with Crippen LogP contribution in [0.3, 0.4) is 0 Å². The molecule has 0 saturated carbocycles. The van der Waals surface area contributed by atoms with Gasteiger partial charge in [0.1, 0.15) is 11.3 Å². The Labute approximate surface area is 89.2 Å². The molecule has 0 aromatic heterocycles. The van der Waals surface area contributed by atoms with Crippen molar-refractivity contribution in [2.75, 3.05) is 7.11 Å². The number of aldehydes is 1. The van der Waals surface area contributed by atoms with E-state index in [0.29, 0.717) is 0 Å². The van der Waals surface area contributed by atoms with Gasteiger partial charge in [0.15, 0.2) is 6.29 Å². The first-order chi connectivity index (χ1) is 7.02. The summed E-state index contributed by atoms with van der Waals surface area (Å²) in [5.74, 6) is -1.23. The minimum atomic E-state index is -0.964. The molecule has 1 aromatic rings. The normalized spacial score (nSPS) is 9.73. The summed E-state index contributed by atoms with van der Waals surface area (Å²) in [6.07, 6.45) is 0.168. The second kappa shape index (κ2) is 4.14. The molecule has 6 nitrogen and oxygen atoms in total. The van der Waals surface area contributed by atoms with Gasteiger partial charge in [-0.2, -0.15) is 0 Å². The Balaban J connectivity index is 3.62. The first-order valence-corrected chi connectivity index (χ1v) is 4.07. The van der Waals surface area contributed by atoms with Crippen molar-refractivity contribution in [3.05, 3.63) is 26.8 Å². The molecule has 0 atom stereocenters. The summed E-state index contributed by atoms with van der Waals surface area (Å²) >= 11 is 5.57. The average Bonchev–Trinajstić information content (AvgIpc) is 2.19. The molecule has 1 aromatic carbocycles. The van der Waals surface area contributed by atoms with E-state index in [1.165, 1.54) is 7.11 Å². The van der Waals surface area contributed by atoms with Gasteiger partial charge in [-0.3, -0.25) is 14.9 Å².